The molecule has 2 nitrogen and oxygen atoms in total. The van der Waals surface area contributed by atoms with Crippen molar-refractivity contribution in [1.82, 2.24) is 5.32 Å². The number of halogens is 1. The van der Waals surface area contributed by atoms with Crippen molar-refractivity contribution in [2.45, 2.75) is 77.6 Å². The van der Waals surface area contributed by atoms with Gasteiger partial charge in [0, 0.05) is 16.5 Å². The van der Waals surface area contributed by atoms with Gasteiger partial charge in [0.25, 0.3) is 0 Å². The van der Waals surface area contributed by atoms with Crippen LogP contribution in [0.1, 0.15) is 76.7 Å². The zero-order chi connectivity index (χ0) is 22.4. The van der Waals surface area contributed by atoms with E-state index in [0.717, 1.165) is 38.5 Å². The van der Waals surface area contributed by atoms with Crippen molar-refractivity contribution in [2.75, 3.05) is 6.54 Å². The minimum absolute atomic E-state index is 0.154. The zero-order valence-corrected chi connectivity index (χ0v) is 21.4. The fourth-order valence-electron chi connectivity index (χ4n) is 3.07. The summed E-state index contributed by atoms with van der Waals surface area (Å²) in [6.07, 6.45) is 29.4. The van der Waals surface area contributed by atoms with Crippen LogP contribution in [0.15, 0.2) is 72.9 Å². The van der Waals surface area contributed by atoms with Crippen molar-refractivity contribution < 1.29 is 4.79 Å². The topological polar surface area (TPSA) is 29.1 Å². The SMILES string of the molecule is CCCCC/C=C\C/C=C\C/C=C\C/C=C\CCCC(=O)NCCc1cccc(I)c1. The van der Waals surface area contributed by atoms with Gasteiger partial charge < -0.3 is 5.32 Å². The lowest BCUT2D eigenvalue weighted by atomic mass is 10.1. The summed E-state index contributed by atoms with van der Waals surface area (Å²) in [5.74, 6) is 0.154. The molecule has 1 aromatic carbocycles. The van der Waals surface area contributed by atoms with Crippen molar-refractivity contribution >= 4 is 28.5 Å². The molecule has 3 heteroatoms. The van der Waals surface area contributed by atoms with E-state index in [0.29, 0.717) is 13.0 Å². The van der Waals surface area contributed by atoms with Gasteiger partial charge in [-0.15, -0.1) is 0 Å². The molecule has 0 aromatic heterocycles. The van der Waals surface area contributed by atoms with Gasteiger partial charge in [-0.3, -0.25) is 4.79 Å². The van der Waals surface area contributed by atoms with Gasteiger partial charge >= 0.3 is 0 Å². The number of hydrogen-bond donors (Lipinski definition) is 1. The molecular weight excluding hydrogens is 493 g/mol. The van der Waals surface area contributed by atoms with Crippen LogP contribution < -0.4 is 5.32 Å². The van der Waals surface area contributed by atoms with Gasteiger partial charge in [-0.2, -0.15) is 0 Å². The Hall–Kier alpha value is -1.62. The molecule has 1 aromatic rings. The monoisotopic (exact) mass is 533 g/mol. The average Bonchev–Trinajstić information content (AvgIpc) is 2.76. The maximum Gasteiger partial charge on any atom is 0.220 e. The average molecular weight is 534 g/mol. The highest BCUT2D eigenvalue weighted by Gasteiger charge is 2.00. The van der Waals surface area contributed by atoms with Crippen LogP contribution in [-0.2, 0) is 11.2 Å². The Morgan fingerprint density at radius 2 is 1.48 bits per heavy atom. The molecule has 0 aliphatic rings. The molecule has 0 heterocycles. The van der Waals surface area contributed by atoms with Gasteiger partial charge in [0.05, 0.1) is 0 Å². The first-order valence-corrected chi connectivity index (χ1v) is 12.9. The second kappa shape index (κ2) is 20.3. The van der Waals surface area contributed by atoms with Crippen LogP contribution in [0.2, 0.25) is 0 Å². The normalized spacial score (nSPS) is 12.1. The third kappa shape index (κ3) is 17.7. The predicted molar refractivity (Wildman–Crippen MR) is 144 cm³/mol. The Balaban J connectivity index is 1.95. The first kappa shape index (κ1) is 27.4. The summed E-state index contributed by atoms with van der Waals surface area (Å²) in [4.78, 5) is 11.9. The van der Waals surface area contributed by atoms with E-state index < -0.39 is 0 Å². The molecule has 0 bridgehead atoms. The maximum atomic E-state index is 11.9. The summed E-state index contributed by atoms with van der Waals surface area (Å²) >= 11 is 2.32. The van der Waals surface area contributed by atoms with Crippen molar-refractivity contribution in [3.63, 3.8) is 0 Å². The largest absolute Gasteiger partial charge is 0.356 e. The molecule has 0 unspecified atom stereocenters. The van der Waals surface area contributed by atoms with Gasteiger partial charge in [-0.25, -0.2) is 0 Å². The molecule has 0 aliphatic heterocycles. The lowest BCUT2D eigenvalue weighted by Crippen LogP contribution is -2.25. The lowest BCUT2D eigenvalue weighted by Gasteiger charge is -2.05. The van der Waals surface area contributed by atoms with E-state index in [2.05, 4.69) is 108 Å². The van der Waals surface area contributed by atoms with Crippen molar-refractivity contribution in [3.8, 4) is 0 Å². The minimum atomic E-state index is 0.154. The number of hydrogen-bond acceptors (Lipinski definition) is 1. The van der Waals surface area contributed by atoms with E-state index in [1.54, 1.807) is 0 Å². The number of rotatable bonds is 17. The Morgan fingerprint density at radius 3 is 2.10 bits per heavy atom. The Kier molecular flexibility index (Phi) is 17.9. The van der Waals surface area contributed by atoms with E-state index >= 15 is 0 Å². The van der Waals surface area contributed by atoms with Crippen LogP contribution >= 0.6 is 22.6 Å². The summed E-state index contributed by atoms with van der Waals surface area (Å²) in [6, 6.07) is 8.42. The third-order valence-electron chi connectivity index (χ3n) is 4.86. The highest BCUT2D eigenvalue weighted by Crippen LogP contribution is 2.08. The molecule has 1 amide bonds. The Bertz CT molecular complexity index is 703. The molecule has 1 rings (SSSR count). The van der Waals surface area contributed by atoms with Gasteiger partial charge in [-0.05, 0) is 91.7 Å². The summed E-state index contributed by atoms with van der Waals surface area (Å²) in [5.41, 5.74) is 1.27. The number of carbonyl (C=O) groups is 1. The van der Waals surface area contributed by atoms with E-state index in [4.69, 9.17) is 0 Å². The molecule has 0 saturated carbocycles. The van der Waals surface area contributed by atoms with Crippen LogP contribution in [0.25, 0.3) is 0 Å². The highest BCUT2D eigenvalue weighted by molar-refractivity contribution is 14.1. The maximum absolute atomic E-state index is 11.9. The lowest BCUT2D eigenvalue weighted by molar-refractivity contribution is -0.121. The molecule has 31 heavy (non-hydrogen) atoms. The van der Waals surface area contributed by atoms with Crippen LogP contribution in [-0.4, -0.2) is 12.5 Å². The van der Waals surface area contributed by atoms with Gasteiger partial charge in [-0.1, -0.05) is 80.5 Å². The molecule has 1 N–H and O–H groups in total. The second-order valence-corrected chi connectivity index (χ2v) is 8.96. The first-order chi connectivity index (χ1) is 15.2. The van der Waals surface area contributed by atoms with Crippen LogP contribution in [0, 0.1) is 3.57 Å². The number of nitrogens with one attached hydrogen (secondary N) is 1. The molecule has 0 atom stereocenters. The third-order valence-corrected chi connectivity index (χ3v) is 5.53. The van der Waals surface area contributed by atoms with Crippen LogP contribution in [0.4, 0.5) is 0 Å². The zero-order valence-electron chi connectivity index (χ0n) is 19.2. The molecule has 0 saturated heterocycles. The second-order valence-electron chi connectivity index (χ2n) is 7.71. The summed E-state index contributed by atoms with van der Waals surface area (Å²) in [7, 11) is 0. The number of carbonyl (C=O) groups excluding carboxylic acids is 1. The van der Waals surface area contributed by atoms with Crippen molar-refractivity contribution in [1.29, 1.82) is 0 Å². The van der Waals surface area contributed by atoms with E-state index in [-0.39, 0.29) is 5.91 Å². The van der Waals surface area contributed by atoms with Crippen molar-refractivity contribution in [3.05, 3.63) is 82.0 Å². The number of unbranched alkanes of at least 4 members (excludes halogenated alkanes) is 4. The number of amides is 1. The van der Waals surface area contributed by atoms with Crippen LogP contribution in [0.3, 0.4) is 0 Å². The fraction of sp³-hybridized carbons (Fsp3) is 0.464. The Labute approximate surface area is 204 Å². The smallest absolute Gasteiger partial charge is 0.220 e. The van der Waals surface area contributed by atoms with Gasteiger partial charge in [0.15, 0.2) is 0 Å². The number of allylic oxidation sites excluding steroid dienone is 8. The molecule has 0 aliphatic carbocycles. The molecule has 170 valence electrons. The quantitative estimate of drug-likeness (QED) is 0.122. The van der Waals surface area contributed by atoms with Crippen molar-refractivity contribution in [2.24, 2.45) is 0 Å². The minimum Gasteiger partial charge on any atom is -0.356 e. The predicted octanol–water partition coefficient (Wildman–Crippen LogP) is 8.10. The van der Waals surface area contributed by atoms with E-state index in [1.807, 2.05) is 0 Å². The highest BCUT2D eigenvalue weighted by atomic mass is 127. The Morgan fingerprint density at radius 1 is 0.871 bits per heavy atom. The number of benzene rings is 1. The standard InChI is InChI=1S/C28H40INO/c1-2-3-4-5-6-7-8-9-10-11-12-13-14-15-16-17-18-22-28(31)30-24-23-26-20-19-21-27(29)25-26/h6-7,9-10,12-13,15-16,19-21,25H,2-5,8,11,14,17-18,22-24H2,1H3,(H,30,31)/b7-6-,10-9-,13-12-,16-15-. The summed E-state index contributed by atoms with van der Waals surface area (Å²) < 4.78 is 1.24. The van der Waals surface area contributed by atoms with Gasteiger partial charge in [0.1, 0.15) is 0 Å². The van der Waals surface area contributed by atoms with E-state index in [1.165, 1.54) is 34.8 Å². The van der Waals surface area contributed by atoms with Gasteiger partial charge in [0.2, 0.25) is 5.91 Å². The summed E-state index contributed by atoms with van der Waals surface area (Å²) in [6.45, 7) is 2.95. The molecule has 0 fully saturated rings. The fourth-order valence-corrected chi connectivity index (χ4v) is 3.68. The molecule has 0 radical (unpaired) electrons. The molecule has 0 spiro atoms. The molecular formula is C28H40INO. The van der Waals surface area contributed by atoms with Crippen LogP contribution in [0.5, 0.6) is 0 Å². The van der Waals surface area contributed by atoms with E-state index in [9.17, 15) is 4.79 Å². The summed E-state index contributed by atoms with van der Waals surface area (Å²) in [5, 5.41) is 3.02. The first-order valence-electron chi connectivity index (χ1n) is 11.8.